The van der Waals surface area contributed by atoms with Crippen molar-refractivity contribution in [3.05, 3.63) is 74.7 Å². The first-order valence-electron chi connectivity index (χ1n) is 10.6. The van der Waals surface area contributed by atoms with E-state index in [1.807, 2.05) is 13.8 Å². The van der Waals surface area contributed by atoms with Crippen LogP contribution in [0.1, 0.15) is 40.1 Å². The summed E-state index contributed by atoms with van der Waals surface area (Å²) in [5.74, 6) is -2.22. The van der Waals surface area contributed by atoms with Crippen LogP contribution in [-0.4, -0.2) is 50.4 Å². The zero-order chi connectivity index (χ0) is 24.6. The summed E-state index contributed by atoms with van der Waals surface area (Å²) in [6.45, 7) is 4.95. The average molecular weight is 483 g/mol. The highest BCUT2D eigenvalue weighted by Crippen LogP contribution is 2.29. The van der Waals surface area contributed by atoms with Gasteiger partial charge in [-0.3, -0.25) is 19.0 Å². The molecule has 34 heavy (non-hydrogen) atoms. The topological polar surface area (TPSA) is 122 Å². The molecule has 0 bridgehead atoms. The number of carbonyl (C=O) groups is 3. The van der Waals surface area contributed by atoms with E-state index >= 15 is 0 Å². The number of benzene rings is 1. The summed E-state index contributed by atoms with van der Waals surface area (Å²) in [5, 5.41) is 12.9. The van der Waals surface area contributed by atoms with Gasteiger partial charge >= 0.3 is 5.97 Å². The molecule has 2 aromatic heterocycles. The number of carboxylic acids is 1. The average Bonchev–Trinajstić information content (AvgIpc) is 2.77. The lowest BCUT2D eigenvalue weighted by molar-refractivity contribution is -0.142. The molecule has 9 nitrogen and oxygen atoms in total. The van der Waals surface area contributed by atoms with E-state index in [-0.39, 0.29) is 46.6 Å². The number of aromatic nitrogens is 2. The van der Waals surface area contributed by atoms with Crippen LogP contribution in [0.2, 0.25) is 5.02 Å². The lowest BCUT2D eigenvalue weighted by Crippen LogP contribution is -2.56. The van der Waals surface area contributed by atoms with Crippen LogP contribution < -0.4 is 10.9 Å². The van der Waals surface area contributed by atoms with E-state index in [4.69, 9.17) is 11.6 Å². The standard InChI is InChI=1S/C24H23ClN4O5/c1-24(2)12-28(13-24)19(30)11-29-20-17(16(23(33)34)7-8-26-20)9-18(22(29)32)21(31)27-10-14-3-5-15(25)6-4-14/h3-9H,10-13H2,1-2H3,(H,27,31)(H,33,34). The maximum absolute atomic E-state index is 13.3. The number of hydrogen-bond donors (Lipinski definition) is 2. The fourth-order valence-corrected chi connectivity index (χ4v) is 4.17. The molecule has 0 aliphatic carbocycles. The third kappa shape index (κ3) is 4.65. The lowest BCUT2D eigenvalue weighted by atomic mass is 9.84. The van der Waals surface area contributed by atoms with Crippen molar-refractivity contribution >= 4 is 40.4 Å². The second-order valence-corrected chi connectivity index (χ2v) is 9.51. The number of hydrogen-bond acceptors (Lipinski definition) is 5. The summed E-state index contributed by atoms with van der Waals surface area (Å²) in [6, 6.07) is 9.34. The number of carboxylic acid groups (broad SMARTS) is 1. The molecule has 0 saturated carbocycles. The zero-order valence-corrected chi connectivity index (χ0v) is 19.4. The first-order valence-corrected chi connectivity index (χ1v) is 11.0. The van der Waals surface area contributed by atoms with E-state index in [1.165, 1.54) is 18.3 Å². The van der Waals surface area contributed by atoms with Gasteiger partial charge in [-0.1, -0.05) is 37.6 Å². The molecule has 1 aromatic carbocycles. The lowest BCUT2D eigenvalue weighted by Gasteiger charge is -2.45. The highest BCUT2D eigenvalue weighted by atomic mass is 35.5. The van der Waals surface area contributed by atoms with Gasteiger partial charge in [0, 0.05) is 36.2 Å². The second-order valence-electron chi connectivity index (χ2n) is 9.07. The van der Waals surface area contributed by atoms with E-state index in [1.54, 1.807) is 29.2 Å². The first kappa shape index (κ1) is 23.4. The minimum Gasteiger partial charge on any atom is -0.478 e. The monoisotopic (exact) mass is 482 g/mol. The molecular formula is C24H23ClN4O5. The molecule has 2 amide bonds. The van der Waals surface area contributed by atoms with Crippen molar-refractivity contribution in [1.82, 2.24) is 19.8 Å². The molecule has 1 aliphatic heterocycles. The molecule has 3 heterocycles. The maximum Gasteiger partial charge on any atom is 0.336 e. The van der Waals surface area contributed by atoms with Gasteiger partial charge in [0.2, 0.25) is 5.91 Å². The van der Waals surface area contributed by atoms with Crippen LogP contribution >= 0.6 is 11.6 Å². The summed E-state index contributed by atoms with van der Waals surface area (Å²) in [4.78, 5) is 56.6. The van der Waals surface area contributed by atoms with Crippen LogP contribution in [0, 0.1) is 5.41 Å². The molecule has 2 N–H and O–H groups in total. The Balaban J connectivity index is 1.71. The quantitative estimate of drug-likeness (QED) is 0.557. The summed E-state index contributed by atoms with van der Waals surface area (Å²) < 4.78 is 1.08. The van der Waals surface area contributed by atoms with Crippen LogP contribution in [0.25, 0.3) is 11.0 Å². The van der Waals surface area contributed by atoms with Gasteiger partial charge in [0.05, 0.1) is 5.56 Å². The number of pyridine rings is 2. The molecule has 1 aliphatic rings. The number of carbonyl (C=O) groups excluding carboxylic acids is 2. The number of halogens is 1. The van der Waals surface area contributed by atoms with Crippen LogP contribution in [0.5, 0.6) is 0 Å². The largest absolute Gasteiger partial charge is 0.478 e. The molecule has 0 radical (unpaired) electrons. The van der Waals surface area contributed by atoms with Crippen molar-refractivity contribution < 1.29 is 19.5 Å². The Morgan fingerprint density at radius 2 is 1.79 bits per heavy atom. The first-order chi connectivity index (χ1) is 16.1. The number of rotatable bonds is 6. The molecular weight excluding hydrogens is 460 g/mol. The number of nitrogens with one attached hydrogen (secondary N) is 1. The summed E-state index contributed by atoms with van der Waals surface area (Å²) in [7, 11) is 0. The smallest absolute Gasteiger partial charge is 0.336 e. The van der Waals surface area contributed by atoms with Crippen LogP contribution in [0.15, 0.2) is 47.4 Å². The zero-order valence-electron chi connectivity index (χ0n) is 18.7. The van der Waals surface area contributed by atoms with Crippen LogP contribution in [-0.2, 0) is 17.9 Å². The van der Waals surface area contributed by atoms with Gasteiger partial charge in [-0.15, -0.1) is 0 Å². The second kappa shape index (κ2) is 8.90. The molecule has 0 unspecified atom stereocenters. The number of amides is 2. The molecule has 4 rings (SSSR count). The molecule has 0 spiro atoms. The fourth-order valence-electron chi connectivity index (χ4n) is 4.04. The molecule has 1 fully saturated rings. The van der Waals surface area contributed by atoms with Gasteiger partial charge in [0.15, 0.2) is 0 Å². The Kier molecular flexibility index (Phi) is 6.14. The van der Waals surface area contributed by atoms with Crippen molar-refractivity contribution in [2.75, 3.05) is 13.1 Å². The van der Waals surface area contributed by atoms with Crippen molar-refractivity contribution in [3.8, 4) is 0 Å². The van der Waals surface area contributed by atoms with E-state index < -0.39 is 17.4 Å². The van der Waals surface area contributed by atoms with Gasteiger partial charge in [-0.05, 0) is 35.2 Å². The van der Waals surface area contributed by atoms with Gasteiger partial charge in [0.25, 0.3) is 11.5 Å². The Hall–Kier alpha value is -3.72. The molecule has 10 heteroatoms. The van der Waals surface area contributed by atoms with Crippen molar-refractivity contribution in [2.24, 2.45) is 5.41 Å². The van der Waals surface area contributed by atoms with E-state index in [2.05, 4.69) is 10.3 Å². The van der Waals surface area contributed by atoms with Crippen LogP contribution in [0.3, 0.4) is 0 Å². The predicted molar refractivity (Wildman–Crippen MR) is 126 cm³/mol. The van der Waals surface area contributed by atoms with E-state index in [0.717, 1.165) is 10.1 Å². The number of fused-ring (bicyclic) bond motifs is 1. The maximum atomic E-state index is 13.3. The minimum atomic E-state index is -1.24. The SMILES string of the molecule is CC1(C)CN(C(=O)Cn2c(=O)c(C(=O)NCc3ccc(Cl)cc3)cc3c(C(=O)O)ccnc32)C1. The number of nitrogens with zero attached hydrogens (tertiary/aromatic N) is 3. The Bertz CT molecular complexity index is 1360. The molecule has 1 saturated heterocycles. The Morgan fingerprint density at radius 3 is 2.41 bits per heavy atom. The van der Waals surface area contributed by atoms with E-state index in [0.29, 0.717) is 18.1 Å². The third-order valence-corrected chi connectivity index (χ3v) is 5.97. The van der Waals surface area contributed by atoms with E-state index in [9.17, 15) is 24.3 Å². The highest BCUT2D eigenvalue weighted by molar-refractivity contribution is 6.30. The predicted octanol–water partition coefficient (Wildman–Crippen LogP) is 2.55. The highest BCUT2D eigenvalue weighted by Gasteiger charge is 2.37. The summed E-state index contributed by atoms with van der Waals surface area (Å²) in [6.07, 6.45) is 1.26. The van der Waals surface area contributed by atoms with Crippen molar-refractivity contribution in [2.45, 2.75) is 26.9 Å². The van der Waals surface area contributed by atoms with Gasteiger partial charge < -0.3 is 15.3 Å². The summed E-state index contributed by atoms with van der Waals surface area (Å²) in [5.41, 5.74) is -0.309. The third-order valence-electron chi connectivity index (χ3n) is 5.71. The Labute approximate surface area is 200 Å². The van der Waals surface area contributed by atoms with Gasteiger partial charge in [-0.2, -0.15) is 0 Å². The fraction of sp³-hybridized carbons (Fsp3) is 0.292. The van der Waals surface area contributed by atoms with Crippen LogP contribution in [0.4, 0.5) is 0 Å². The molecule has 176 valence electrons. The molecule has 0 atom stereocenters. The normalized spacial score (nSPS) is 14.5. The minimum absolute atomic E-state index is 0.000810. The van der Waals surface area contributed by atoms with Gasteiger partial charge in [-0.25, -0.2) is 9.78 Å². The molecule has 3 aromatic rings. The number of aromatic carboxylic acids is 1. The van der Waals surface area contributed by atoms with Gasteiger partial charge in [0.1, 0.15) is 17.8 Å². The Morgan fingerprint density at radius 1 is 1.12 bits per heavy atom. The number of likely N-dealkylation sites (tertiary alicyclic amines) is 1. The van der Waals surface area contributed by atoms with Crippen molar-refractivity contribution in [1.29, 1.82) is 0 Å². The van der Waals surface area contributed by atoms with Crippen molar-refractivity contribution in [3.63, 3.8) is 0 Å². The summed E-state index contributed by atoms with van der Waals surface area (Å²) >= 11 is 5.88.